The van der Waals surface area contributed by atoms with Gasteiger partial charge in [0.05, 0.1) is 5.60 Å². The number of hydrogen-bond donors (Lipinski definition) is 1. The van der Waals surface area contributed by atoms with Crippen molar-refractivity contribution in [3.05, 3.63) is 0 Å². The predicted molar refractivity (Wildman–Crippen MR) is 77.5 cm³/mol. The number of carbonyl (C=O) groups is 1. The van der Waals surface area contributed by atoms with Crippen LogP contribution in [0.25, 0.3) is 0 Å². The average molecular weight is 523 g/mol. The third-order valence-corrected chi connectivity index (χ3v) is 4.85. The zero-order chi connectivity index (χ0) is 14.6. The molecule has 0 spiro atoms. The third kappa shape index (κ3) is 12.9. The molecule has 0 aromatic carbocycles. The molecule has 0 aliphatic heterocycles. The van der Waals surface area contributed by atoms with Crippen molar-refractivity contribution in [3.8, 4) is 0 Å². The number of hydrogen-bond acceptors (Lipinski definition) is 2. The number of rotatable bonds is 8. The third-order valence-electron chi connectivity index (χ3n) is 4.85. The van der Waals surface area contributed by atoms with Crippen LogP contribution in [0.3, 0.4) is 0 Å². The summed E-state index contributed by atoms with van der Waals surface area (Å²) in [4.78, 5) is 11.0. The van der Waals surface area contributed by atoms with E-state index in [2.05, 4.69) is 27.7 Å². The molecule has 117 valence electrons. The van der Waals surface area contributed by atoms with Crippen LogP contribution in [0.2, 0.25) is 0 Å². The molecule has 0 aliphatic carbocycles. The van der Waals surface area contributed by atoms with Gasteiger partial charge in [-0.25, -0.2) is 0 Å². The van der Waals surface area contributed by atoms with Crippen molar-refractivity contribution in [1.29, 1.82) is 0 Å². The summed E-state index contributed by atoms with van der Waals surface area (Å²) in [6, 6.07) is 0. The van der Waals surface area contributed by atoms with E-state index in [1.165, 1.54) is 0 Å². The Morgan fingerprint density at radius 1 is 1.00 bits per heavy atom. The van der Waals surface area contributed by atoms with Crippen LogP contribution in [0.5, 0.6) is 0 Å². The van der Waals surface area contributed by atoms with Crippen molar-refractivity contribution in [3.63, 3.8) is 0 Å². The molecule has 0 aromatic rings. The van der Waals surface area contributed by atoms with Crippen LogP contribution >= 0.6 is 0 Å². The maximum absolute atomic E-state index is 11.0. The van der Waals surface area contributed by atoms with E-state index in [0.29, 0.717) is 11.8 Å². The van der Waals surface area contributed by atoms with E-state index in [-0.39, 0.29) is 109 Å². The molecule has 0 rings (SSSR count). The van der Waals surface area contributed by atoms with Crippen molar-refractivity contribution in [1.82, 2.24) is 0 Å². The topological polar surface area (TPSA) is 37.3 Å². The molecule has 5 heteroatoms. The maximum atomic E-state index is 11.0. The monoisotopic (exact) mass is 523 g/mol. The molecule has 0 heterocycles. The fourth-order valence-electron chi connectivity index (χ4n) is 2.43. The second-order valence-electron chi connectivity index (χ2n) is 7.22. The van der Waals surface area contributed by atoms with Crippen LogP contribution in [0.15, 0.2) is 0 Å². The van der Waals surface area contributed by atoms with Crippen LogP contribution < -0.4 is 0 Å². The van der Waals surface area contributed by atoms with Crippen LogP contribution in [0.4, 0.5) is 0 Å². The predicted octanol–water partition coefficient (Wildman–Crippen LogP) is 4.05. The number of carbonyl (C=O) groups excluding carboxylic acids is 1. The smallest absolute Gasteiger partial charge is 0.123 e. The first-order valence-corrected chi connectivity index (χ1v) is 7.20. The summed E-state index contributed by atoms with van der Waals surface area (Å²) in [7, 11) is 0. The van der Waals surface area contributed by atoms with E-state index >= 15 is 0 Å². The molecule has 0 fully saturated rings. The van der Waals surface area contributed by atoms with E-state index in [1.807, 2.05) is 20.8 Å². The average Bonchev–Trinajstić information content (AvgIpc) is 2.24. The zero-order valence-corrected chi connectivity index (χ0v) is 23.5. The van der Waals surface area contributed by atoms with E-state index < -0.39 is 5.60 Å². The molecule has 0 amide bonds. The normalized spacial score (nSPS) is 15.6. The molecule has 0 saturated carbocycles. The minimum absolute atomic E-state index is 0. The summed E-state index contributed by atoms with van der Waals surface area (Å²) in [5.41, 5.74) is -0.523. The van der Waals surface area contributed by atoms with Gasteiger partial charge in [0, 0.05) is 104 Å². The minimum Gasteiger partial charge on any atom is -0.390 e. The first kappa shape index (κ1) is 31.7. The molecule has 3 unspecified atom stereocenters. The summed E-state index contributed by atoms with van der Waals surface area (Å²) in [5.74, 6) is 1.16. The first-order chi connectivity index (χ1) is 8.02. The summed E-state index contributed by atoms with van der Waals surface area (Å²) >= 11 is 0. The van der Waals surface area contributed by atoms with Crippen molar-refractivity contribution in [2.75, 3.05) is 0 Å². The minimum atomic E-state index is -0.561. The van der Waals surface area contributed by atoms with Crippen molar-refractivity contribution in [2.24, 2.45) is 23.2 Å². The van der Waals surface area contributed by atoms with E-state index in [4.69, 9.17) is 0 Å². The molecule has 0 bridgehead atoms. The summed E-state index contributed by atoms with van der Waals surface area (Å²) in [6.45, 7) is 14.6. The Labute approximate surface area is 207 Å². The van der Waals surface area contributed by atoms with Gasteiger partial charge in [0.2, 0.25) is 0 Å². The fraction of sp³-hybridized carbons (Fsp3) is 0.938. The molecule has 21 heavy (non-hydrogen) atoms. The van der Waals surface area contributed by atoms with Crippen LogP contribution in [-0.4, -0.2) is 17.0 Å². The molecule has 0 saturated heterocycles. The van der Waals surface area contributed by atoms with Gasteiger partial charge in [0.25, 0.3) is 0 Å². The molecule has 2 nitrogen and oxygen atoms in total. The maximum Gasteiger partial charge on any atom is 0.123 e. The van der Waals surface area contributed by atoms with Crippen LogP contribution in [-0.2, 0) is 103 Å². The summed E-state index contributed by atoms with van der Waals surface area (Å²) in [5, 5.41) is 9.71. The van der Waals surface area contributed by atoms with E-state index in [9.17, 15) is 9.90 Å². The van der Waals surface area contributed by atoms with Gasteiger partial charge in [-0.15, -0.1) is 0 Å². The second-order valence-corrected chi connectivity index (χ2v) is 7.22. The van der Waals surface area contributed by atoms with Crippen LogP contribution in [0, 0.1) is 23.2 Å². The summed E-state index contributed by atoms with van der Waals surface area (Å²) < 4.78 is 0. The summed E-state index contributed by atoms with van der Waals surface area (Å²) in [6.07, 6.45) is 4.06. The standard InChI is InChI=1S/C16H32O2.3Y/c1-12(9-8-10-15(4,5)18)14(3)16(6,7)13(2)11-17;;;/h11-14,18H,8-10H2,1-7H3;;;. The Morgan fingerprint density at radius 2 is 1.43 bits per heavy atom. The van der Waals surface area contributed by atoms with Crippen LogP contribution in [0.1, 0.15) is 67.7 Å². The Kier molecular flexibility index (Phi) is 21.3. The van der Waals surface area contributed by atoms with E-state index in [1.54, 1.807) is 0 Å². The Bertz CT molecular complexity index is 263. The quantitative estimate of drug-likeness (QED) is 0.488. The number of aldehydes is 1. The van der Waals surface area contributed by atoms with Gasteiger partial charge in [0.15, 0.2) is 0 Å². The molecule has 1 N–H and O–H groups in total. The van der Waals surface area contributed by atoms with Crippen molar-refractivity contribution >= 4 is 6.29 Å². The molecule has 3 atom stereocenters. The SMILES string of the molecule is CC(CCCC(C)(C)O)C(C)C(C)(C)C(C)C=O.[Y].[Y].[Y]. The van der Waals surface area contributed by atoms with Gasteiger partial charge in [-0.1, -0.05) is 47.5 Å². The molecule has 0 aliphatic rings. The Morgan fingerprint density at radius 3 is 1.76 bits per heavy atom. The van der Waals surface area contributed by atoms with Crippen molar-refractivity contribution < 1.29 is 108 Å². The molecule has 0 aromatic heterocycles. The first-order valence-electron chi connectivity index (χ1n) is 7.20. The molecular weight excluding hydrogens is 491 g/mol. The molecule has 3 radical (unpaired) electrons. The fourth-order valence-corrected chi connectivity index (χ4v) is 2.43. The van der Waals surface area contributed by atoms with Crippen molar-refractivity contribution in [2.45, 2.75) is 73.3 Å². The Hall–Kier alpha value is 2.94. The molecular formula is C16H32O2Y3. The van der Waals surface area contributed by atoms with Gasteiger partial charge >= 0.3 is 0 Å². The van der Waals surface area contributed by atoms with E-state index in [0.717, 1.165) is 25.5 Å². The number of aliphatic hydroxyl groups is 1. The van der Waals surface area contributed by atoms with Gasteiger partial charge in [-0.2, -0.15) is 0 Å². The van der Waals surface area contributed by atoms with Gasteiger partial charge in [-0.3, -0.25) is 0 Å². The van der Waals surface area contributed by atoms with Gasteiger partial charge in [0.1, 0.15) is 6.29 Å². The van der Waals surface area contributed by atoms with Gasteiger partial charge in [-0.05, 0) is 37.5 Å². The second kappa shape index (κ2) is 14.1. The zero-order valence-electron chi connectivity index (χ0n) is 15.0. The Balaban J connectivity index is -0.000000482. The largest absolute Gasteiger partial charge is 0.390 e. The van der Waals surface area contributed by atoms with Gasteiger partial charge < -0.3 is 9.90 Å².